The van der Waals surface area contributed by atoms with Crippen molar-refractivity contribution in [3.05, 3.63) is 29.8 Å². The van der Waals surface area contributed by atoms with Crippen LogP contribution >= 0.6 is 11.8 Å². The number of nitriles is 1. The molecule has 4 nitrogen and oxygen atoms in total. The van der Waals surface area contributed by atoms with E-state index in [0.29, 0.717) is 23.6 Å². The first-order chi connectivity index (χ1) is 8.26. The number of rotatable bonds is 6. The van der Waals surface area contributed by atoms with Crippen LogP contribution in [0.2, 0.25) is 0 Å². The highest BCUT2D eigenvalue weighted by Crippen LogP contribution is 2.09. The smallest absolute Gasteiger partial charge is 0.234 e. The van der Waals surface area contributed by atoms with Crippen LogP contribution in [-0.4, -0.2) is 31.1 Å². The zero-order chi connectivity index (χ0) is 12.5. The quantitative estimate of drug-likeness (QED) is 0.783. The van der Waals surface area contributed by atoms with Gasteiger partial charge in [-0.1, -0.05) is 0 Å². The Kier molecular flexibility index (Phi) is 6.15. The van der Waals surface area contributed by atoms with E-state index in [1.165, 1.54) is 11.8 Å². The summed E-state index contributed by atoms with van der Waals surface area (Å²) in [6, 6.07) is 8.81. The molecule has 5 heteroatoms. The average Bonchev–Trinajstić information content (AvgIpc) is 2.36. The summed E-state index contributed by atoms with van der Waals surface area (Å²) in [5.74, 6) is 1.16. The zero-order valence-corrected chi connectivity index (χ0v) is 10.4. The monoisotopic (exact) mass is 250 g/mol. The molecule has 0 fully saturated rings. The van der Waals surface area contributed by atoms with Crippen molar-refractivity contribution in [1.29, 1.82) is 5.26 Å². The van der Waals surface area contributed by atoms with Gasteiger partial charge in [0.15, 0.2) is 0 Å². The van der Waals surface area contributed by atoms with Crippen molar-refractivity contribution in [2.45, 2.75) is 0 Å². The van der Waals surface area contributed by atoms with Crippen molar-refractivity contribution in [1.82, 2.24) is 0 Å². The van der Waals surface area contributed by atoms with Gasteiger partial charge >= 0.3 is 0 Å². The highest BCUT2D eigenvalue weighted by Gasteiger charge is 2.02. The van der Waals surface area contributed by atoms with Crippen LogP contribution in [0.1, 0.15) is 5.56 Å². The third kappa shape index (κ3) is 5.38. The first-order valence-corrected chi connectivity index (χ1v) is 6.28. The Morgan fingerprint density at radius 3 is 2.76 bits per heavy atom. The third-order valence-electron chi connectivity index (χ3n) is 1.96. The molecule has 0 saturated heterocycles. The van der Waals surface area contributed by atoms with E-state index in [2.05, 4.69) is 5.32 Å². The van der Waals surface area contributed by atoms with Crippen LogP contribution in [0.25, 0.3) is 0 Å². The summed E-state index contributed by atoms with van der Waals surface area (Å²) in [4.78, 5) is 11.5. The number of nitrogens with one attached hydrogen (secondary N) is 1. The number of benzene rings is 1. The van der Waals surface area contributed by atoms with Crippen LogP contribution < -0.4 is 5.32 Å². The van der Waals surface area contributed by atoms with Crippen LogP contribution in [0, 0.1) is 11.3 Å². The number of anilines is 1. The van der Waals surface area contributed by atoms with E-state index < -0.39 is 0 Å². The highest BCUT2D eigenvalue weighted by atomic mass is 32.2. The molecule has 0 aliphatic carbocycles. The van der Waals surface area contributed by atoms with Gasteiger partial charge in [0.25, 0.3) is 0 Å². The fraction of sp³-hybridized carbons (Fsp3) is 0.333. The topological polar surface area (TPSA) is 62.1 Å². The first kappa shape index (κ1) is 13.6. The Hall–Kier alpha value is -1.51. The molecule has 1 aromatic rings. The van der Waals surface area contributed by atoms with E-state index in [9.17, 15) is 4.79 Å². The first-order valence-electron chi connectivity index (χ1n) is 5.13. The summed E-state index contributed by atoms with van der Waals surface area (Å²) in [6.45, 7) is 0.648. The number of thioether (sulfide) groups is 1. The van der Waals surface area contributed by atoms with Gasteiger partial charge in [0.2, 0.25) is 5.91 Å². The maximum Gasteiger partial charge on any atom is 0.234 e. The Labute approximate surface area is 105 Å². The Morgan fingerprint density at radius 1 is 1.47 bits per heavy atom. The van der Waals surface area contributed by atoms with Crippen molar-refractivity contribution in [3.8, 4) is 6.07 Å². The molecule has 1 amide bonds. The molecule has 0 heterocycles. The number of hydrogen-bond acceptors (Lipinski definition) is 4. The lowest BCUT2D eigenvalue weighted by atomic mass is 10.2. The number of carbonyl (C=O) groups is 1. The van der Waals surface area contributed by atoms with Crippen molar-refractivity contribution in [3.63, 3.8) is 0 Å². The molecule has 0 aromatic heterocycles. The summed E-state index contributed by atoms with van der Waals surface area (Å²) >= 11 is 1.52. The van der Waals surface area contributed by atoms with Gasteiger partial charge in [-0.2, -0.15) is 5.26 Å². The normalized spacial score (nSPS) is 9.65. The minimum absolute atomic E-state index is 0.0455. The van der Waals surface area contributed by atoms with Gasteiger partial charge in [-0.3, -0.25) is 4.79 Å². The molecule has 0 unspecified atom stereocenters. The van der Waals surface area contributed by atoms with Gasteiger partial charge in [-0.25, -0.2) is 0 Å². The second-order valence-electron chi connectivity index (χ2n) is 3.28. The summed E-state index contributed by atoms with van der Waals surface area (Å²) in [5, 5.41) is 11.4. The number of carbonyl (C=O) groups excluding carboxylic acids is 1. The number of ether oxygens (including phenoxy) is 1. The van der Waals surface area contributed by atoms with Gasteiger partial charge in [0, 0.05) is 18.6 Å². The average molecular weight is 250 g/mol. The molecule has 0 spiro atoms. The molecule has 90 valence electrons. The van der Waals surface area contributed by atoms with E-state index in [1.807, 2.05) is 6.07 Å². The number of nitrogens with zero attached hydrogens (tertiary/aromatic N) is 1. The standard InChI is InChI=1S/C12H14N2O2S/c1-16-6-7-17-9-12(15)14-11-4-2-10(8-13)3-5-11/h2-5H,6-7,9H2,1H3,(H,14,15). The predicted molar refractivity (Wildman–Crippen MR) is 69.0 cm³/mol. The number of hydrogen-bond donors (Lipinski definition) is 1. The molecular weight excluding hydrogens is 236 g/mol. The summed E-state index contributed by atoms with van der Waals surface area (Å²) in [5.41, 5.74) is 1.29. The molecule has 17 heavy (non-hydrogen) atoms. The molecular formula is C12H14N2O2S. The van der Waals surface area contributed by atoms with E-state index in [-0.39, 0.29) is 5.91 Å². The Bertz CT molecular complexity index is 398. The SMILES string of the molecule is COCCSCC(=O)Nc1ccc(C#N)cc1. The van der Waals surface area contributed by atoms with Crippen LogP contribution in [0.5, 0.6) is 0 Å². The summed E-state index contributed by atoms with van der Waals surface area (Å²) in [6.07, 6.45) is 0. The lowest BCUT2D eigenvalue weighted by Crippen LogP contribution is -2.14. The van der Waals surface area contributed by atoms with Gasteiger partial charge in [0.1, 0.15) is 0 Å². The molecule has 0 aliphatic heterocycles. The van der Waals surface area contributed by atoms with Crippen LogP contribution in [0.15, 0.2) is 24.3 Å². The fourth-order valence-electron chi connectivity index (χ4n) is 1.13. The maximum absolute atomic E-state index is 11.5. The Morgan fingerprint density at radius 2 is 2.18 bits per heavy atom. The van der Waals surface area contributed by atoms with Gasteiger partial charge in [-0.15, -0.1) is 11.8 Å². The molecule has 0 saturated carbocycles. The molecule has 1 rings (SSSR count). The zero-order valence-electron chi connectivity index (χ0n) is 9.60. The minimum Gasteiger partial charge on any atom is -0.384 e. The van der Waals surface area contributed by atoms with E-state index in [4.69, 9.17) is 10.00 Å². The van der Waals surface area contributed by atoms with Crippen LogP contribution in [0.3, 0.4) is 0 Å². The van der Waals surface area contributed by atoms with Crippen LogP contribution in [-0.2, 0) is 9.53 Å². The Balaban J connectivity index is 2.32. The van der Waals surface area contributed by atoms with Crippen LogP contribution in [0.4, 0.5) is 5.69 Å². The molecule has 1 N–H and O–H groups in total. The van der Waals surface area contributed by atoms with Gasteiger partial charge < -0.3 is 10.1 Å². The number of amides is 1. The highest BCUT2D eigenvalue weighted by molar-refractivity contribution is 7.99. The second-order valence-corrected chi connectivity index (χ2v) is 4.39. The molecule has 0 bridgehead atoms. The summed E-state index contributed by atoms with van der Waals surface area (Å²) in [7, 11) is 1.64. The molecule has 0 aliphatic rings. The number of methoxy groups -OCH3 is 1. The van der Waals surface area contributed by atoms with Gasteiger partial charge in [0.05, 0.1) is 24.0 Å². The summed E-state index contributed by atoms with van der Waals surface area (Å²) < 4.78 is 4.88. The predicted octanol–water partition coefficient (Wildman–Crippen LogP) is 1.88. The van der Waals surface area contributed by atoms with E-state index >= 15 is 0 Å². The second kappa shape index (κ2) is 7.71. The van der Waals surface area contributed by atoms with Crippen molar-refractivity contribution in [2.24, 2.45) is 0 Å². The largest absolute Gasteiger partial charge is 0.384 e. The molecule has 0 radical (unpaired) electrons. The van der Waals surface area contributed by atoms with Gasteiger partial charge in [-0.05, 0) is 24.3 Å². The van der Waals surface area contributed by atoms with Crippen molar-refractivity contribution < 1.29 is 9.53 Å². The van der Waals surface area contributed by atoms with E-state index in [0.717, 1.165) is 5.75 Å². The maximum atomic E-state index is 11.5. The van der Waals surface area contributed by atoms with E-state index in [1.54, 1.807) is 31.4 Å². The lowest BCUT2D eigenvalue weighted by molar-refractivity contribution is -0.113. The third-order valence-corrected chi connectivity index (χ3v) is 2.88. The fourth-order valence-corrected chi connectivity index (χ4v) is 1.82. The minimum atomic E-state index is -0.0455. The van der Waals surface area contributed by atoms with Crippen molar-refractivity contribution in [2.75, 3.05) is 30.5 Å². The lowest BCUT2D eigenvalue weighted by Gasteiger charge is -2.04. The van der Waals surface area contributed by atoms with Crippen molar-refractivity contribution >= 4 is 23.4 Å². The molecule has 1 aromatic carbocycles. The molecule has 0 atom stereocenters.